The van der Waals surface area contributed by atoms with Gasteiger partial charge in [0, 0.05) is 28.8 Å². The number of aromatic amines is 1. The Kier molecular flexibility index (Phi) is 5.67. The lowest BCUT2D eigenvalue weighted by molar-refractivity contribution is 0.0600. The Morgan fingerprint density at radius 1 is 1.00 bits per heavy atom. The topological polar surface area (TPSA) is 83.7 Å². The van der Waals surface area contributed by atoms with Crippen molar-refractivity contribution in [2.45, 2.75) is 12.5 Å². The molecule has 0 fully saturated rings. The molecule has 1 aromatic heterocycles. The molecule has 0 saturated carbocycles. The van der Waals surface area contributed by atoms with Gasteiger partial charge in [-0.05, 0) is 53.9 Å². The number of anilines is 1. The first kappa shape index (κ1) is 21.6. The highest BCUT2D eigenvalue weighted by atomic mass is 16.5. The molecule has 1 aliphatic heterocycles. The minimum Gasteiger partial charge on any atom is -0.497 e. The van der Waals surface area contributed by atoms with E-state index in [4.69, 9.17) is 9.47 Å². The summed E-state index contributed by atoms with van der Waals surface area (Å²) in [7, 11) is 2.96. The highest BCUT2D eigenvalue weighted by Crippen LogP contribution is 2.39. The summed E-state index contributed by atoms with van der Waals surface area (Å²) in [5, 5.41) is 4.14. The minimum atomic E-state index is -0.451. The van der Waals surface area contributed by atoms with Gasteiger partial charge in [-0.25, -0.2) is 9.59 Å². The third-order valence-corrected chi connectivity index (χ3v) is 6.26. The van der Waals surface area contributed by atoms with Crippen LogP contribution in [0.25, 0.3) is 10.9 Å². The summed E-state index contributed by atoms with van der Waals surface area (Å²) in [4.78, 5) is 30.8. The first-order chi connectivity index (χ1) is 16.6. The summed E-state index contributed by atoms with van der Waals surface area (Å²) in [6.07, 6.45) is 0.738. The first-order valence-corrected chi connectivity index (χ1v) is 11.1. The van der Waals surface area contributed by atoms with Crippen molar-refractivity contribution in [1.29, 1.82) is 0 Å². The number of carbonyl (C=O) groups excluding carboxylic acids is 2. The van der Waals surface area contributed by atoms with E-state index in [1.807, 2.05) is 41.3 Å². The van der Waals surface area contributed by atoms with Crippen LogP contribution < -0.4 is 10.1 Å². The Hall–Kier alpha value is -4.26. The van der Waals surface area contributed by atoms with Crippen LogP contribution in [0.2, 0.25) is 0 Å². The Morgan fingerprint density at radius 2 is 1.79 bits per heavy atom. The highest BCUT2D eigenvalue weighted by molar-refractivity contribution is 5.94. The number of hydrogen-bond acceptors (Lipinski definition) is 4. The molecular formula is C27H25N3O4. The monoisotopic (exact) mass is 455 g/mol. The van der Waals surface area contributed by atoms with Crippen molar-refractivity contribution in [2.75, 3.05) is 26.1 Å². The normalized spacial score (nSPS) is 15.0. The number of methoxy groups -OCH3 is 2. The van der Waals surface area contributed by atoms with Gasteiger partial charge in [-0.1, -0.05) is 36.4 Å². The number of nitrogens with zero attached hydrogens (tertiary/aromatic N) is 1. The van der Waals surface area contributed by atoms with E-state index in [2.05, 4.69) is 22.4 Å². The molecular weight excluding hydrogens is 430 g/mol. The fourth-order valence-electron chi connectivity index (χ4n) is 4.63. The third kappa shape index (κ3) is 3.85. The lowest BCUT2D eigenvalue weighted by Gasteiger charge is -2.36. The molecule has 172 valence electrons. The van der Waals surface area contributed by atoms with Gasteiger partial charge >= 0.3 is 12.0 Å². The summed E-state index contributed by atoms with van der Waals surface area (Å²) >= 11 is 0. The molecule has 0 saturated heterocycles. The highest BCUT2D eigenvalue weighted by Gasteiger charge is 2.34. The number of ether oxygens (including phenoxy) is 2. The molecule has 0 radical (unpaired) electrons. The van der Waals surface area contributed by atoms with E-state index in [1.165, 1.54) is 18.1 Å². The second-order valence-corrected chi connectivity index (χ2v) is 8.18. The number of esters is 1. The number of benzene rings is 3. The molecule has 3 aromatic carbocycles. The summed E-state index contributed by atoms with van der Waals surface area (Å²) in [6, 6.07) is 22.2. The number of carbonyl (C=O) groups is 2. The summed E-state index contributed by atoms with van der Waals surface area (Å²) < 4.78 is 10.1. The molecule has 1 atom stereocenters. The number of para-hydroxylation sites is 1. The van der Waals surface area contributed by atoms with E-state index in [-0.39, 0.29) is 12.1 Å². The molecule has 0 bridgehead atoms. The molecule has 7 heteroatoms. The molecule has 5 rings (SSSR count). The molecule has 0 aliphatic carbocycles. The fourth-order valence-corrected chi connectivity index (χ4v) is 4.63. The van der Waals surface area contributed by atoms with Crippen LogP contribution in [-0.2, 0) is 11.2 Å². The van der Waals surface area contributed by atoms with Gasteiger partial charge in [0.1, 0.15) is 5.75 Å². The van der Waals surface area contributed by atoms with Crippen molar-refractivity contribution < 1.29 is 19.1 Å². The molecule has 4 aromatic rings. The maximum atomic E-state index is 13.5. The molecule has 34 heavy (non-hydrogen) atoms. The molecule has 2 heterocycles. The van der Waals surface area contributed by atoms with Gasteiger partial charge in [0.2, 0.25) is 0 Å². The second-order valence-electron chi connectivity index (χ2n) is 8.18. The summed E-state index contributed by atoms with van der Waals surface area (Å²) in [5.74, 6) is 0.306. The minimum absolute atomic E-state index is 0.243. The number of hydrogen-bond donors (Lipinski definition) is 2. The Labute approximate surface area is 197 Å². The molecule has 0 spiro atoms. The van der Waals surface area contributed by atoms with E-state index in [1.54, 1.807) is 31.4 Å². The van der Waals surface area contributed by atoms with Gasteiger partial charge in [-0.2, -0.15) is 0 Å². The third-order valence-electron chi connectivity index (χ3n) is 6.26. The molecule has 2 N–H and O–H groups in total. The van der Waals surface area contributed by atoms with Crippen molar-refractivity contribution in [3.8, 4) is 5.75 Å². The van der Waals surface area contributed by atoms with Gasteiger partial charge in [0.25, 0.3) is 0 Å². The zero-order chi connectivity index (χ0) is 23.7. The first-order valence-electron chi connectivity index (χ1n) is 11.1. The molecule has 1 unspecified atom stereocenters. The molecule has 1 aliphatic rings. The lowest BCUT2D eigenvalue weighted by atomic mass is 9.92. The Morgan fingerprint density at radius 3 is 2.56 bits per heavy atom. The maximum Gasteiger partial charge on any atom is 0.337 e. The van der Waals surface area contributed by atoms with Crippen LogP contribution in [0.1, 0.15) is 33.2 Å². The summed E-state index contributed by atoms with van der Waals surface area (Å²) in [6.45, 7) is 0.550. The van der Waals surface area contributed by atoms with Crippen molar-refractivity contribution in [3.63, 3.8) is 0 Å². The number of aromatic nitrogens is 1. The number of rotatable bonds is 4. The SMILES string of the molecule is COC(=O)c1cccc(NC(=O)N2CCc3c([nH]c4ccccc34)C2c2ccc(OC)cc2)c1. The lowest BCUT2D eigenvalue weighted by Crippen LogP contribution is -2.43. The van der Waals surface area contributed by atoms with E-state index in [0.29, 0.717) is 17.8 Å². The van der Waals surface area contributed by atoms with Crippen molar-refractivity contribution in [1.82, 2.24) is 9.88 Å². The average molecular weight is 456 g/mol. The van der Waals surface area contributed by atoms with Gasteiger partial charge in [-0.15, -0.1) is 0 Å². The maximum absolute atomic E-state index is 13.5. The number of H-pyrrole nitrogens is 1. The fraction of sp³-hybridized carbons (Fsp3) is 0.185. The Bertz CT molecular complexity index is 1360. The molecule has 2 amide bonds. The van der Waals surface area contributed by atoms with Crippen LogP contribution in [-0.4, -0.2) is 42.6 Å². The van der Waals surface area contributed by atoms with Crippen LogP contribution >= 0.6 is 0 Å². The van der Waals surface area contributed by atoms with Crippen LogP contribution in [0.4, 0.5) is 10.5 Å². The number of nitrogens with one attached hydrogen (secondary N) is 2. The largest absolute Gasteiger partial charge is 0.497 e. The van der Waals surface area contributed by atoms with E-state index < -0.39 is 5.97 Å². The van der Waals surface area contributed by atoms with Crippen molar-refractivity contribution in [3.05, 3.63) is 95.2 Å². The number of amides is 2. The van der Waals surface area contributed by atoms with Crippen LogP contribution in [0.15, 0.2) is 72.8 Å². The number of urea groups is 1. The summed E-state index contributed by atoms with van der Waals surface area (Å²) in [5.41, 5.74) is 5.18. The predicted molar refractivity (Wildman–Crippen MR) is 130 cm³/mol. The standard InChI is InChI=1S/C27H25N3O4/c1-33-20-12-10-17(11-13-20)25-24-22(21-8-3-4-9-23(21)29-24)14-15-30(25)27(32)28-19-7-5-6-18(16-19)26(31)34-2/h3-13,16,25,29H,14-15H2,1-2H3,(H,28,32). The second kappa shape index (κ2) is 8.94. The van der Waals surface area contributed by atoms with Gasteiger partial charge in [0.15, 0.2) is 0 Å². The quantitative estimate of drug-likeness (QED) is 0.417. The Balaban J connectivity index is 1.52. The van der Waals surface area contributed by atoms with Crippen LogP contribution in [0.3, 0.4) is 0 Å². The van der Waals surface area contributed by atoms with E-state index in [0.717, 1.165) is 28.9 Å². The van der Waals surface area contributed by atoms with Gasteiger partial charge in [0.05, 0.1) is 25.8 Å². The zero-order valence-corrected chi connectivity index (χ0v) is 19.0. The zero-order valence-electron chi connectivity index (χ0n) is 19.0. The van der Waals surface area contributed by atoms with E-state index >= 15 is 0 Å². The van der Waals surface area contributed by atoms with Crippen LogP contribution in [0.5, 0.6) is 5.75 Å². The van der Waals surface area contributed by atoms with E-state index in [9.17, 15) is 9.59 Å². The average Bonchev–Trinajstić information content (AvgIpc) is 3.26. The van der Waals surface area contributed by atoms with Crippen LogP contribution in [0, 0.1) is 0 Å². The van der Waals surface area contributed by atoms with Crippen molar-refractivity contribution >= 4 is 28.6 Å². The van der Waals surface area contributed by atoms with Gasteiger partial charge < -0.3 is 24.7 Å². The number of fused-ring (bicyclic) bond motifs is 3. The van der Waals surface area contributed by atoms with Crippen molar-refractivity contribution in [2.24, 2.45) is 0 Å². The molecule has 7 nitrogen and oxygen atoms in total. The smallest absolute Gasteiger partial charge is 0.337 e. The van der Waals surface area contributed by atoms with Gasteiger partial charge in [-0.3, -0.25) is 0 Å². The predicted octanol–water partition coefficient (Wildman–Crippen LogP) is 5.14.